The van der Waals surface area contributed by atoms with Gasteiger partial charge in [-0.2, -0.15) is 4.98 Å². The number of anilines is 1. The van der Waals surface area contributed by atoms with Crippen LogP contribution in [0.15, 0.2) is 28.8 Å². The van der Waals surface area contributed by atoms with Gasteiger partial charge in [0.1, 0.15) is 6.10 Å². The number of nitrogens with zero attached hydrogens (tertiary/aromatic N) is 3. The fourth-order valence-corrected chi connectivity index (χ4v) is 2.40. The summed E-state index contributed by atoms with van der Waals surface area (Å²) in [5.41, 5.74) is 7.25. The van der Waals surface area contributed by atoms with Gasteiger partial charge in [0.05, 0.1) is 6.61 Å². The predicted octanol–water partition coefficient (Wildman–Crippen LogP) is 2.10. The number of hydrogen-bond donors (Lipinski definition) is 1. The fraction of sp³-hybridized carbons (Fsp3) is 0.467. The molecule has 112 valence electrons. The van der Waals surface area contributed by atoms with Gasteiger partial charge < -0.3 is 15.0 Å². The zero-order chi connectivity index (χ0) is 14.8. The van der Waals surface area contributed by atoms with E-state index in [1.165, 1.54) is 0 Å². The van der Waals surface area contributed by atoms with Gasteiger partial charge in [-0.05, 0) is 38.1 Å². The third-order valence-corrected chi connectivity index (χ3v) is 3.72. The van der Waals surface area contributed by atoms with E-state index in [-0.39, 0.29) is 6.10 Å². The third kappa shape index (κ3) is 3.06. The number of rotatable bonds is 3. The van der Waals surface area contributed by atoms with Crippen molar-refractivity contribution in [3.05, 3.63) is 30.1 Å². The average molecular weight is 288 g/mol. The van der Waals surface area contributed by atoms with Crippen molar-refractivity contribution in [3.63, 3.8) is 0 Å². The second kappa shape index (κ2) is 5.83. The highest BCUT2D eigenvalue weighted by atomic mass is 16.5. The van der Waals surface area contributed by atoms with E-state index in [0.29, 0.717) is 30.1 Å². The predicted molar refractivity (Wildman–Crippen MR) is 79.5 cm³/mol. The van der Waals surface area contributed by atoms with E-state index >= 15 is 0 Å². The highest BCUT2D eigenvalue weighted by Crippen LogP contribution is 2.24. The maximum Gasteiger partial charge on any atom is 0.258 e. The number of ether oxygens (including phenoxy) is 1. The number of nitrogens with two attached hydrogens (primary N) is 1. The first-order valence-electron chi connectivity index (χ1n) is 7.18. The van der Waals surface area contributed by atoms with E-state index in [4.69, 9.17) is 15.0 Å². The van der Waals surface area contributed by atoms with E-state index in [0.717, 1.165) is 18.7 Å². The van der Waals surface area contributed by atoms with Crippen molar-refractivity contribution in [3.8, 4) is 11.5 Å². The van der Waals surface area contributed by atoms with Crippen LogP contribution in [0.3, 0.4) is 0 Å². The number of benzene rings is 1. The van der Waals surface area contributed by atoms with Gasteiger partial charge in [-0.25, -0.2) is 0 Å². The van der Waals surface area contributed by atoms with Gasteiger partial charge >= 0.3 is 0 Å². The Kier molecular flexibility index (Phi) is 3.90. The molecule has 1 unspecified atom stereocenters. The molecule has 1 aliphatic rings. The van der Waals surface area contributed by atoms with E-state index in [9.17, 15) is 0 Å². The first-order valence-corrected chi connectivity index (χ1v) is 7.18. The van der Waals surface area contributed by atoms with Crippen molar-refractivity contribution < 1.29 is 9.26 Å². The summed E-state index contributed by atoms with van der Waals surface area (Å²) < 4.78 is 11.1. The van der Waals surface area contributed by atoms with Gasteiger partial charge in [0.15, 0.2) is 0 Å². The second-order valence-electron chi connectivity index (χ2n) is 5.53. The summed E-state index contributed by atoms with van der Waals surface area (Å²) in [5, 5.41) is 4.06. The topological polar surface area (TPSA) is 77.4 Å². The molecular formula is C15H20N4O2. The zero-order valence-electron chi connectivity index (χ0n) is 12.3. The van der Waals surface area contributed by atoms with E-state index < -0.39 is 0 Å². The molecule has 3 rings (SSSR count). The Hall–Kier alpha value is -1.92. The van der Waals surface area contributed by atoms with Crippen LogP contribution in [0, 0.1) is 0 Å². The van der Waals surface area contributed by atoms with Gasteiger partial charge in [0, 0.05) is 30.4 Å². The Balaban J connectivity index is 1.77. The van der Waals surface area contributed by atoms with Crippen LogP contribution in [-0.4, -0.2) is 40.8 Å². The van der Waals surface area contributed by atoms with E-state index in [1.54, 1.807) is 0 Å². The summed E-state index contributed by atoms with van der Waals surface area (Å²) in [6.45, 7) is 6.78. The molecule has 0 bridgehead atoms. The molecule has 0 saturated carbocycles. The summed E-state index contributed by atoms with van der Waals surface area (Å²) in [5.74, 6) is 1.10. The van der Waals surface area contributed by atoms with Gasteiger partial charge in [-0.1, -0.05) is 5.16 Å². The number of morpholine rings is 1. The lowest BCUT2D eigenvalue weighted by Gasteiger charge is -2.34. The quantitative estimate of drug-likeness (QED) is 0.871. The largest absolute Gasteiger partial charge is 0.399 e. The minimum Gasteiger partial charge on any atom is -0.399 e. The number of hydrogen-bond acceptors (Lipinski definition) is 6. The molecule has 2 heterocycles. The highest BCUT2D eigenvalue weighted by Gasteiger charge is 2.27. The van der Waals surface area contributed by atoms with Crippen molar-refractivity contribution in [2.75, 3.05) is 25.4 Å². The fourth-order valence-electron chi connectivity index (χ4n) is 2.40. The minimum absolute atomic E-state index is 0.132. The van der Waals surface area contributed by atoms with Gasteiger partial charge in [0.2, 0.25) is 5.82 Å². The molecule has 1 aromatic heterocycles. The maximum atomic E-state index is 5.77. The zero-order valence-corrected chi connectivity index (χ0v) is 12.3. The average Bonchev–Trinajstić information content (AvgIpc) is 2.98. The Labute approximate surface area is 123 Å². The second-order valence-corrected chi connectivity index (χ2v) is 5.53. The molecule has 0 radical (unpaired) electrons. The molecular weight excluding hydrogens is 268 g/mol. The van der Waals surface area contributed by atoms with Gasteiger partial charge in [-0.3, -0.25) is 4.90 Å². The molecule has 1 aromatic carbocycles. The van der Waals surface area contributed by atoms with Crippen LogP contribution in [0.1, 0.15) is 25.8 Å². The minimum atomic E-state index is -0.132. The van der Waals surface area contributed by atoms with E-state index in [2.05, 4.69) is 28.9 Å². The summed E-state index contributed by atoms with van der Waals surface area (Å²) in [4.78, 5) is 6.81. The van der Waals surface area contributed by atoms with Crippen LogP contribution in [-0.2, 0) is 4.74 Å². The number of aromatic nitrogens is 2. The number of nitrogen functional groups attached to an aromatic ring is 1. The van der Waals surface area contributed by atoms with E-state index in [1.807, 2.05) is 24.3 Å². The smallest absolute Gasteiger partial charge is 0.258 e. The van der Waals surface area contributed by atoms with Crippen LogP contribution >= 0.6 is 0 Å². The first kappa shape index (κ1) is 14.0. The molecule has 1 saturated heterocycles. The maximum absolute atomic E-state index is 5.77. The molecule has 2 aromatic rings. The SMILES string of the molecule is CC(C)N1CCOC(c2noc(-c3ccc(N)cc3)n2)C1. The van der Waals surface area contributed by atoms with Crippen LogP contribution in [0.25, 0.3) is 11.5 Å². The van der Waals surface area contributed by atoms with Crippen LogP contribution in [0.5, 0.6) is 0 Å². The Morgan fingerprint density at radius 2 is 2.05 bits per heavy atom. The molecule has 6 nitrogen and oxygen atoms in total. The molecule has 1 aliphatic heterocycles. The van der Waals surface area contributed by atoms with Crippen molar-refractivity contribution >= 4 is 5.69 Å². The summed E-state index contributed by atoms with van der Waals surface area (Å²) in [6.07, 6.45) is -0.132. The Bertz CT molecular complexity index is 594. The van der Waals surface area contributed by atoms with Crippen molar-refractivity contribution in [2.24, 2.45) is 0 Å². The van der Waals surface area contributed by atoms with Crippen molar-refractivity contribution in [2.45, 2.75) is 26.0 Å². The highest BCUT2D eigenvalue weighted by molar-refractivity contribution is 5.56. The normalized spacial score (nSPS) is 20.0. The lowest BCUT2D eigenvalue weighted by molar-refractivity contribution is -0.0450. The molecule has 2 N–H and O–H groups in total. The van der Waals surface area contributed by atoms with Crippen molar-refractivity contribution in [1.82, 2.24) is 15.0 Å². The Morgan fingerprint density at radius 3 is 2.76 bits per heavy atom. The monoisotopic (exact) mass is 288 g/mol. The lowest BCUT2D eigenvalue weighted by Crippen LogP contribution is -2.42. The molecule has 0 aliphatic carbocycles. The van der Waals surface area contributed by atoms with Gasteiger partial charge in [0.25, 0.3) is 5.89 Å². The molecule has 0 amide bonds. The summed E-state index contributed by atoms with van der Waals surface area (Å²) in [7, 11) is 0. The molecule has 1 fully saturated rings. The molecule has 0 spiro atoms. The van der Waals surface area contributed by atoms with Crippen LogP contribution in [0.2, 0.25) is 0 Å². The standard InChI is InChI=1S/C15H20N4O2/c1-10(2)19-7-8-20-13(9-19)14-17-15(21-18-14)11-3-5-12(16)6-4-11/h3-6,10,13H,7-9,16H2,1-2H3. The third-order valence-electron chi connectivity index (χ3n) is 3.72. The summed E-state index contributed by atoms with van der Waals surface area (Å²) >= 11 is 0. The van der Waals surface area contributed by atoms with Crippen molar-refractivity contribution in [1.29, 1.82) is 0 Å². The molecule has 1 atom stereocenters. The summed E-state index contributed by atoms with van der Waals surface area (Å²) in [6, 6.07) is 7.86. The molecule has 6 heteroatoms. The van der Waals surface area contributed by atoms with Crippen LogP contribution < -0.4 is 5.73 Å². The van der Waals surface area contributed by atoms with Crippen LogP contribution in [0.4, 0.5) is 5.69 Å². The first-order chi connectivity index (χ1) is 10.1. The lowest BCUT2D eigenvalue weighted by atomic mass is 10.2. The Morgan fingerprint density at radius 1 is 1.29 bits per heavy atom. The molecule has 21 heavy (non-hydrogen) atoms. The van der Waals surface area contributed by atoms with Gasteiger partial charge in [-0.15, -0.1) is 0 Å².